The summed E-state index contributed by atoms with van der Waals surface area (Å²) in [6.45, 7) is 8.76. The molecule has 1 aromatic rings. The van der Waals surface area contributed by atoms with E-state index in [0.717, 1.165) is 29.2 Å². The number of halogens is 1. The molecule has 0 aliphatic heterocycles. The van der Waals surface area contributed by atoms with Gasteiger partial charge in [0.25, 0.3) is 0 Å². The van der Waals surface area contributed by atoms with Gasteiger partial charge in [-0.2, -0.15) is 0 Å². The third-order valence-electron chi connectivity index (χ3n) is 4.13. The number of ether oxygens (including phenoxy) is 1. The summed E-state index contributed by atoms with van der Waals surface area (Å²) in [4.78, 5) is 0. The highest BCUT2D eigenvalue weighted by molar-refractivity contribution is 9.10. The molecule has 0 bridgehead atoms. The maximum absolute atomic E-state index is 6.16. The van der Waals surface area contributed by atoms with E-state index in [0.29, 0.717) is 12.0 Å². The van der Waals surface area contributed by atoms with Crippen LogP contribution in [0.4, 0.5) is 0 Å². The van der Waals surface area contributed by atoms with E-state index >= 15 is 0 Å². The van der Waals surface area contributed by atoms with Crippen LogP contribution in [-0.4, -0.2) is 12.6 Å². The molecule has 0 spiro atoms. The molecule has 0 atom stereocenters. The van der Waals surface area contributed by atoms with Crippen molar-refractivity contribution in [3.05, 3.63) is 28.2 Å². The Balaban J connectivity index is 1.87. The van der Waals surface area contributed by atoms with Crippen LogP contribution in [0.2, 0.25) is 0 Å². The first-order valence-corrected chi connectivity index (χ1v) is 8.99. The SMILES string of the molecule is CC(C)CNCc1ccc(OC2CCC(C)CC2)c(Br)c1. The molecule has 3 heteroatoms. The molecule has 1 aliphatic rings. The highest BCUT2D eigenvalue weighted by atomic mass is 79.9. The van der Waals surface area contributed by atoms with Crippen LogP contribution >= 0.6 is 15.9 Å². The van der Waals surface area contributed by atoms with Crippen molar-refractivity contribution in [2.24, 2.45) is 11.8 Å². The molecule has 1 N–H and O–H groups in total. The Labute approximate surface area is 137 Å². The molecular formula is C18H28BrNO. The quantitative estimate of drug-likeness (QED) is 0.763. The van der Waals surface area contributed by atoms with E-state index in [2.05, 4.69) is 60.2 Å². The Hall–Kier alpha value is -0.540. The summed E-state index contributed by atoms with van der Waals surface area (Å²) in [5, 5.41) is 3.47. The van der Waals surface area contributed by atoms with Crippen LogP contribution in [-0.2, 0) is 6.54 Å². The largest absolute Gasteiger partial charge is 0.489 e. The lowest BCUT2D eigenvalue weighted by Crippen LogP contribution is -2.23. The van der Waals surface area contributed by atoms with Crippen LogP contribution in [0.15, 0.2) is 22.7 Å². The third kappa shape index (κ3) is 5.63. The fourth-order valence-electron chi connectivity index (χ4n) is 2.78. The number of rotatable bonds is 6. The van der Waals surface area contributed by atoms with Crippen LogP contribution in [0.25, 0.3) is 0 Å². The zero-order valence-corrected chi connectivity index (χ0v) is 15.1. The smallest absolute Gasteiger partial charge is 0.133 e. The van der Waals surface area contributed by atoms with Gasteiger partial charge in [-0.05, 0) is 77.7 Å². The number of benzene rings is 1. The molecule has 2 rings (SSSR count). The van der Waals surface area contributed by atoms with Crippen LogP contribution in [0.1, 0.15) is 52.0 Å². The molecular weight excluding hydrogens is 326 g/mol. The first-order valence-electron chi connectivity index (χ1n) is 8.20. The standard InChI is InChI=1S/C18H28BrNO/c1-13(2)11-20-12-15-6-9-18(17(19)10-15)21-16-7-4-14(3)5-8-16/h6,9-10,13-14,16,20H,4-5,7-8,11-12H2,1-3H3. The summed E-state index contributed by atoms with van der Waals surface area (Å²) < 4.78 is 7.24. The number of hydrogen-bond donors (Lipinski definition) is 1. The maximum atomic E-state index is 6.16. The van der Waals surface area contributed by atoms with Crippen molar-refractivity contribution >= 4 is 15.9 Å². The van der Waals surface area contributed by atoms with Crippen molar-refractivity contribution in [3.63, 3.8) is 0 Å². The van der Waals surface area contributed by atoms with E-state index in [9.17, 15) is 0 Å². The highest BCUT2D eigenvalue weighted by Crippen LogP contribution is 2.31. The van der Waals surface area contributed by atoms with E-state index in [4.69, 9.17) is 4.74 Å². The zero-order chi connectivity index (χ0) is 15.2. The molecule has 0 radical (unpaired) electrons. The summed E-state index contributed by atoms with van der Waals surface area (Å²) in [5.74, 6) is 2.54. The summed E-state index contributed by atoms with van der Waals surface area (Å²) in [6, 6.07) is 6.45. The van der Waals surface area contributed by atoms with Crippen molar-refractivity contribution in [2.75, 3.05) is 6.54 Å². The minimum atomic E-state index is 0.391. The van der Waals surface area contributed by atoms with Crippen LogP contribution in [0, 0.1) is 11.8 Å². The molecule has 1 aliphatic carbocycles. The Bertz CT molecular complexity index is 439. The van der Waals surface area contributed by atoms with Gasteiger partial charge in [-0.3, -0.25) is 0 Å². The molecule has 2 nitrogen and oxygen atoms in total. The molecule has 1 aromatic carbocycles. The second kappa shape index (κ2) is 8.19. The van der Waals surface area contributed by atoms with Gasteiger partial charge in [-0.25, -0.2) is 0 Å². The van der Waals surface area contributed by atoms with Crippen molar-refractivity contribution < 1.29 is 4.74 Å². The summed E-state index contributed by atoms with van der Waals surface area (Å²) in [7, 11) is 0. The minimum Gasteiger partial charge on any atom is -0.489 e. The van der Waals surface area contributed by atoms with Crippen molar-refractivity contribution in [1.82, 2.24) is 5.32 Å². The predicted octanol–water partition coefficient (Wildman–Crippen LogP) is 5.15. The Morgan fingerprint density at radius 1 is 1.24 bits per heavy atom. The first kappa shape index (κ1) is 16.8. The Morgan fingerprint density at radius 3 is 2.57 bits per heavy atom. The van der Waals surface area contributed by atoms with Gasteiger partial charge < -0.3 is 10.1 Å². The minimum absolute atomic E-state index is 0.391. The van der Waals surface area contributed by atoms with E-state index in [1.807, 2.05) is 0 Å². The average molecular weight is 354 g/mol. The predicted molar refractivity (Wildman–Crippen MR) is 92.7 cm³/mol. The van der Waals surface area contributed by atoms with E-state index in [-0.39, 0.29) is 0 Å². The van der Waals surface area contributed by atoms with Crippen LogP contribution < -0.4 is 10.1 Å². The van der Waals surface area contributed by atoms with Crippen molar-refractivity contribution in [3.8, 4) is 5.75 Å². The van der Waals surface area contributed by atoms with Gasteiger partial charge in [0, 0.05) is 6.54 Å². The van der Waals surface area contributed by atoms with Crippen LogP contribution in [0.3, 0.4) is 0 Å². The van der Waals surface area contributed by atoms with Gasteiger partial charge in [0.05, 0.1) is 10.6 Å². The lowest BCUT2D eigenvalue weighted by atomic mass is 9.89. The fourth-order valence-corrected chi connectivity index (χ4v) is 3.30. The van der Waals surface area contributed by atoms with Gasteiger partial charge in [0.1, 0.15) is 5.75 Å². The molecule has 0 amide bonds. The van der Waals surface area contributed by atoms with Crippen LogP contribution in [0.5, 0.6) is 5.75 Å². The molecule has 0 aromatic heterocycles. The van der Waals surface area contributed by atoms with Gasteiger partial charge in [0.15, 0.2) is 0 Å². The number of hydrogen-bond acceptors (Lipinski definition) is 2. The number of nitrogens with one attached hydrogen (secondary N) is 1. The van der Waals surface area contributed by atoms with Gasteiger partial charge in [-0.1, -0.05) is 26.8 Å². The lowest BCUT2D eigenvalue weighted by Gasteiger charge is -2.27. The van der Waals surface area contributed by atoms with Gasteiger partial charge in [0.2, 0.25) is 0 Å². The molecule has 1 fully saturated rings. The maximum Gasteiger partial charge on any atom is 0.133 e. The molecule has 1 saturated carbocycles. The average Bonchev–Trinajstić information content (AvgIpc) is 2.44. The Kier molecular flexibility index (Phi) is 6.56. The molecule has 0 unspecified atom stereocenters. The summed E-state index contributed by atoms with van der Waals surface area (Å²) >= 11 is 3.65. The molecule has 0 saturated heterocycles. The van der Waals surface area contributed by atoms with E-state index in [1.54, 1.807) is 0 Å². The Morgan fingerprint density at radius 2 is 1.95 bits per heavy atom. The fraction of sp³-hybridized carbons (Fsp3) is 0.667. The van der Waals surface area contributed by atoms with Crippen molar-refractivity contribution in [2.45, 2.75) is 59.1 Å². The lowest BCUT2D eigenvalue weighted by molar-refractivity contribution is 0.134. The third-order valence-corrected chi connectivity index (χ3v) is 4.75. The molecule has 118 valence electrons. The normalized spacial score (nSPS) is 22.5. The summed E-state index contributed by atoms with van der Waals surface area (Å²) in [6.07, 6.45) is 5.35. The molecule has 21 heavy (non-hydrogen) atoms. The van der Waals surface area contributed by atoms with Gasteiger partial charge >= 0.3 is 0 Å². The zero-order valence-electron chi connectivity index (χ0n) is 13.5. The second-order valence-electron chi connectivity index (χ2n) is 6.79. The summed E-state index contributed by atoms with van der Waals surface area (Å²) in [5.41, 5.74) is 1.30. The second-order valence-corrected chi connectivity index (χ2v) is 7.64. The monoisotopic (exact) mass is 353 g/mol. The van der Waals surface area contributed by atoms with E-state index in [1.165, 1.54) is 31.2 Å². The van der Waals surface area contributed by atoms with Crippen molar-refractivity contribution in [1.29, 1.82) is 0 Å². The van der Waals surface area contributed by atoms with E-state index < -0.39 is 0 Å². The molecule has 0 heterocycles. The van der Waals surface area contributed by atoms with Gasteiger partial charge in [-0.15, -0.1) is 0 Å². The highest BCUT2D eigenvalue weighted by Gasteiger charge is 2.20. The topological polar surface area (TPSA) is 21.3 Å². The first-order chi connectivity index (χ1) is 10.0.